The lowest BCUT2D eigenvalue weighted by Gasteiger charge is -2.24. The molecule has 0 fully saturated rings. The first kappa shape index (κ1) is 29.4. The van der Waals surface area contributed by atoms with E-state index in [4.69, 9.17) is 16.3 Å². The molecule has 0 spiro atoms. The number of carbonyl (C=O) groups is 1. The third-order valence-electron chi connectivity index (χ3n) is 5.83. The van der Waals surface area contributed by atoms with Gasteiger partial charge < -0.3 is 15.8 Å². The second-order valence-electron chi connectivity index (χ2n) is 10.0. The molecule has 0 saturated heterocycles. The molecule has 6 N–H and O–H groups in total. The van der Waals surface area contributed by atoms with E-state index in [0.717, 1.165) is 22.9 Å². The average Bonchev–Trinajstić information content (AvgIpc) is 2.84. The molecular weight excluding hydrogens is 523 g/mol. The normalized spacial score (nSPS) is 12.2. The van der Waals surface area contributed by atoms with E-state index in [1.165, 1.54) is 26.3 Å². The van der Waals surface area contributed by atoms with Crippen molar-refractivity contribution >= 4 is 38.7 Å². The number of amides is 1. The molecular formula is C27H33FN6O4S. The molecule has 3 aromatic rings. The van der Waals surface area contributed by atoms with Crippen molar-refractivity contribution in [1.29, 1.82) is 0 Å². The number of hydrogen-bond acceptors (Lipinski definition) is 8. The van der Waals surface area contributed by atoms with Gasteiger partial charge in [-0.1, -0.05) is 20.8 Å². The molecule has 10 nitrogen and oxygen atoms in total. The lowest BCUT2D eigenvalue weighted by molar-refractivity contribution is 0.102. The number of ether oxygens (including phenoxy) is 1. The highest BCUT2D eigenvalue weighted by molar-refractivity contribution is 7.92. The van der Waals surface area contributed by atoms with Gasteiger partial charge in [0, 0.05) is 35.3 Å². The lowest BCUT2D eigenvalue weighted by atomic mass is 9.86. The molecule has 39 heavy (non-hydrogen) atoms. The summed E-state index contributed by atoms with van der Waals surface area (Å²) in [6, 6.07) is 9.30. The molecule has 0 saturated carbocycles. The van der Waals surface area contributed by atoms with E-state index < -0.39 is 27.2 Å². The fraction of sp³-hybridized carbons (Fsp3) is 0.259. The molecule has 0 aliphatic carbocycles. The number of anilines is 3. The zero-order valence-electron chi connectivity index (χ0n) is 22.7. The molecule has 0 atom stereocenters. The first-order valence-electron chi connectivity index (χ1n) is 11.8. The van der Waals surface area contributed by atoms with Crippen molar-refractivity contribution in [3.63, 3.8) is 0 Å². The topological polar surface area (TPSA) is 153 Å². The molecule has 1 aromatic heterocycles. The van der Waals surface area contributed by atoms with Crippen molar-refractivity contribution in [1.82, 2.24) is 4.98 Å². The van der Waals surface area contributed by atoms with Gasteiger partial charge in [0.05, 0.1) is 36.1 Å². The van der Waals surface area contributed by atoms with Crippen LogP contribution in [-0.2, 0) is 15.4 Å². The van der Waals surface area contributed by atoms with Gasteiger partial charge >= 0.3 is 0 Å². The molecule has 0 unspecified atom stereocenters. The Balaban J connectivity index is 2.03. The van der Waals surface area contributed by atoms with Gasteiger partial charge in [-0.15, -0.1) is 0 Å². The second-order valence-corrected chi connectivity index (χ2v) is 11.8. The summed E-state index contributed by atoms with van der Waals surface area (Å²) in [7, 11) is -2.31. The minimum atomic E-state index is -3.66. The maximum absolute atomic E-state index is 14.9. The lowest BCUT2D eigenvalue weighted by Crippen LogP contribution is -2.27. The van der Waals surface area contributed by atoms with Crippen molar-refractivity contribution in [3.05, 3.63) is 83.1 Å². The summed E-state index contributed by atoms with van der Waals surface area (Å²) in [4.78, 5) is 17.4. The zero-order chi connectivity index (χ0) is 29.1. The van der Waals surface area contributed by atoms with Crippen LogP contribution in [0.5, 0.6) is 5.75 Å². The van der Waals surface area contributed by atoms with Crippen LogP contribution in [0, 0.1) is 12.7 Å². The first-order chi connectivity index (χ1) is 18.1. The minimum absolute atomic E-state index is 0.0299. The van der Waals surface area contributed by atoms with Crippen molar-refractivity contribution in [2.45, 2.75) is 33.1 Å². The Morgan fingerprint density at radius 3 is 2.38 bits per heavy atom. The number of halogens is 1. The predicted molar refractivity (Wildman–Crippen MR) is 152 cm³/mol. The molecule has 12 heteroatoms. The van der Waals surface area contributed by atoms with Gasteiger partial charge in [-0.05, 0) is 54.3 Å². The van der Waals surface area contributed by atoms with Crippen LogP contribution < -0.4 is 31.4 Å². The number of pyridine rings is 1. The molecule has 0 aliphatic heterocycles. The monoisotopic (exact) mass is 556 g/mol. The highest BCUT2D eigenvalue weighted by Gasteiger charge is 2.23. The van der Waals surface area contributed by atoms with Gasteiger partial charge in [0.25, 0.3) is 5.91 Å². The van der Waals surface area contributed by atoms with E-state index >= 15 is 0 Å². The average molecular weight is 557 g/mol. The molecule has 1 heterocycles. The summed E-state index contributed by atoms with van der Waals surface area (Å²) in [5.41, 5.74) is 8.10. The molecule has 2 aromatic carbocycles. The number of rotatable bonds is 8. The Labute approximate surface area is 227 Å². The number of methoxy groups -OCH3 is 1. The molecule has 208 valence electrons. The van der Waals surface area contributed by atoms with Crippen molar-refractivity contribution < 1.29 is 22.3 Å². The number of carbonyl (C=O) groups excluding carboxylic acids is 1. The highest BCUT2D eigenvalue weighted by Crippen LogP contribution is 2.39. The van der Waals surface area contributed by atoms with E-state index in [2.05, 4.69) is 15.0 Å². The van der Waals surface area contributed by atoms with Crippen LogP contribution in [0.25, 0.3) is 5.70 Å². The molecule has 0 bridgehead atoms. The van der Waals surface area contributed by atoms with Crippen LogP contribution in [-0.4, -0.2) is 32.7 Å². The quantitative estimate of drug-likeness (QED) is 0.239. The van der Waals surface area contributed by atoms with E-state index in [-0.39, 0.29) is 39.6 Å². The smallest absolute Gasteiger partial charge is 0.255 e. The van der Waals surface area contributed by atoms with Crippen LogP contribution in [0.15, 0.2) is 55.0 Å². The highest BCUT2D eigenvalue weighted by atomic mass is 32.2. The van der Waals surface area contributed by atoms with Gasteiger partial charge in [0.2, 0.25) is 10.0 Å². The largest absolute Gasteiger partial charge is 0.492 e. The number of nitrogens with two attached hydrogens (primary N) is 2. The van der Waals surface area contributed by atoms with E-state index in [1.54, 1.807) is 36.7 Å². The summed E-state index contributed by atoms with van der Waals surface area (Å²) >= 11 is 0. The second kappa shape index (κ2) is 11.3. The van der Waals surface area contributed by atoms with Crippen LogP contribution in [0.2, 0.25) is 0 Å². The maximum atomic E-state index is 14.9. The fourth-order valence-electron chi connectivity index (χ4n) is 3.74. The number of sulfonamides is 1. The minimum Gasteiger partial charge on any atom is -0.492 e. The number of benzene rings is 2. The van der Waals surface area contributed by atoms with Crippen LogP contribution >= 0.6 is 0 Å². The SMILES string of the molecule is COc1c(NC(=O)c2cc(F)c(C)c(N(N)/C=C(\N)c3cccnc3)c2)cc(C(C)(C)C)cc1NS(C)(=O)=O. The molecule has 1 amide bonds. The van der Waals surface area contributed by atoms with Crippen LogP contribution in [0.3, 0.4) is 0 Å². The van der Waals surface area contributed by atoms with Gasteiger partial charge in [0.15, 0.2) is 5.75 Å². The molecule has 0 radical (unpaired) electrons. The first-order valence-corrected chi connectivity index (χ1v) is 13.7. The summed E-state index contributed by atoms with van der Waals surface area (Å²) in [5, 5.41) is 3.85. The summed E-state index contributed by atoms with van der Waals surface area (Å²) < 4.78 is 46.8. The van der Waals surface area contributed by atoms with E-state index in [1.807, 2.05) is 20.8 Å². The van der Waals surface area contributed by atoms with Gasteiger partial charge in [0.1, 0.15) is 5.82 Å². The number of hydrazine groups is 1. The third kappa shape index (κ3) is 7.24. The Morgan fingerprint density at radius 2 is 1.82 bits per heavy atom. The van der Waals surface area contributed by atoms with Crippen LogP contribution in [0.4, 0.5) is 21.5 Å². The Kier molecular flexibility index (Phi) is 8.51. The number of nitrogens with zero attached hydrogens (tertiary/aromatic N) is 2. The summed E-state index contributed by atoms with van der Waals surface area (Å²) in [6.45, 7) is 7.34. The van der Waals surface area contributed by atoms with E-state index in [0.29, 0.717) is 5.56 Å². The molecule has 3 rings (SSSR count). The van der Waals surface area contributed by atoms with E-state index in [9.17, 15) is 17.6 Å². The summed E-state index contributed by atoms with van der Waals surface area (Å²) in [6.07, 6.45) is 5.58. The number of aromatic nitrogens is 1. The van der Waals surface area contributed by atoms with Crippen molar-refractivity contribution in [3.8, 4) is 5.75 Å². The summed E-state index contributed by atoms with van der Waals surface area (Å²) in [5.74, 6) is 4.97. The number of hydrogen-bond donors (Lipinski definition) is 4. The standard InChI is InChI=1S/C27H33FN6O4S/c1-16-20(28)10-18(11-24(16)34(30)15-21(29)17-8-7-9-31-14-17)26(35)32-22-12-19(27(2,3)4)13-23(25(22)38-5)33-39(6,36)37/h7-15,33H,29-30H2,1-6H3,(H,32,35)/b21-15-. The Morgan fingerprint density at radius 1 is 1.15 bits per heavy atom. The third-order valence-corrected chi connectivity index (χ3v) is 6.42. The van der Waals surface area contributed by atoms with Crippen molar-refractivity contribution in [2.75, 3.05) is 28.4 Å². The Hall–Kier alpha value is -4.16. The predicted octanol–water partition coefficient (Wildman–Crippen LogP) is 4.10. The molecule has 0 aliphatic rings. The van der Waals surface area contributed by atoms with Gasteiger partial charge in [-0.25, -0.2) is 18.7 Å². The van der Waals surface area contributed by atoms with Crippen molar-refractivity contribution in [2.24, 2.45) is 11.6 Å². The van der Waals surface area contributed by atoms with Gasteiger partial charge in [-0.2, -0.15) is 0 Å². The van der Waals surface area contributed by atoms with Gasteiger partial charge in [-0.3, -0.25) is 19.5 Å². The fourth-order valence-corrected chi connectivity index (χ4v) is 4.29. The Bertz CT molecular complexity index is 1520. The zero-order valence-corrected chi connectivity index (χ0v) is 23.5. The number of nitrogens with one attached hydrogen (secondary N) is 2. The van der Waals surface area contributed by atoms with Crippen LogP contribution in [0.1, 0.15) is 47.8 Å². The maximum Gasteiger partial charge on any atom is 0.255 e.